The van der Waals surface area contributed by atoms with Gasteiger partial charge in [-0.25, -0.2) is 0 Å². The number of carbonyl (C=O) groups is 1. The number of anilines is 1. The van der Waals surface area contributed by atoms with E-state index in [-0.39, 0.29) is 12.5 Å². The normalized spacial score (nSPS) is 10.4. The smallest absolute Gasteiger partial charge is 0.262 e. The van der Waals surface area contributed by atoms with Crippen LogP contribution in [0.2, 0.25) is 5.02 Å². The van der Waals surface area contributed by atoms with Crippen molar-refractivity contribution in [1.82, 2.24) is 0 Å². The van der Waals surface area contributed by atoms with E-state index in [1.165, 1.54) is 19.3 Å². The van der Waals surface area contributed by atoms with Crippen LogP contribution in [0.4, 0.5) is 5.69 Å². The molecule has 0 bridgehead atoms. The molecule has 0 saturated heterocycles. The van der Waals surface area contributed by atoms with E-state index in [4.69, 9.17) is 21.1 Å². The first-order valence-electron chi connectivity index (χ1n) is 9.00. The predicted octanol–water partition coefficient (Wildman–Crippen LogP) is 5.63. The highest BCUT2D eigenvalue weighted by Gasteiger charge is 2.06. The van der Waals surface area contributed by atoms with Crippen molar-refractivity contribution in [2.24, 2.45) is 0 Å². The fourth-order valence-electron chi connectivity index (χ4n) is 2.39. The Hall–Kier alpha value is -2.20. The number of halogens is 1. The Morgan fingerprint density at radius 1 is 1.04 bits per heavy atom. The summed E-state index contributed by atoms with van der Waals surface area (Å²) in [5.41, 5.74) is 1.62. The van der Waals surface area contributed by atoms with Gasteiger partial charge in [-0.1, -0.05) is 49.9 Å². The lowest BCUT2D eigenvalue weighted by atomic mass is 10.2. The molecule has 5 heteroatoms. The van der Waals surface area contributed by atoms with Gasteiger partial charge in [-0.15, -0.1) is 0 Å². The maximum absolute atomic E-state index is 12.0. The van der Waals surface area contributed by atoms with Crippen LogP contribution in [0.25, 0.3) is 0 Å². The Kier molecular flexibility index (Phi) is 8.29. The number of nitrogens with one attached hydrogen (secondary N) is 1. The first kappa shape index (κ1) is 20.1. The Balaban J connectivity index is 1.78. The van der Waals surface area contributed by atoms with E-state index in [9.17, 15) is 4.79 Å². The molecule has 1 amide bonds. The summed E-state index contributed by atoms with van der Waals surface area (Å²) < 4.78 is 11.3. The molecule has 2 aromatic rings. The number of benzene rings is 2. The van der Waals surface area contributed by atoms with Crippen molar-refractivity contribution in [3.8, 4) is 11.5 Å². The van der Waals surface area contributed by atoms with Gasteiger partial charge in [-0.3, -0.25) is 4.79 Å². The Morgan fingerprint density at radius 3 is 2.54 bits per heavy atom. The molecule has 0 heterocycles. The van der Waals surface area contributed by atoms with Gasteiger partial charge in [0.1, 0.15) is 11.5 Å². The summed E-state index contributed by atoms with van der Waals surface area (Å²) in [6, 6.07) is 12.7. The summed E-state index contributed by atoms with van der Waals surface area (Å²) >= 11 is 6.06. The molecule has 0 radical (unpaired) electrons. The molecule has 2 rings (SSSR count). The highest BCUT2D eigenvalue weighted by atomic mass is 35.5. The van der Waals surface area contributed by atoms with Crippen molar-refractivity contribution < 1.29 is 14.3 Å². The highest BCUT2D eigenvalue weighted by molar-refractivity contribution is 6.31. The lowest BCUT2D eigenvalue weighted by Crippen LogP contribution is -2.20. The summed E-state index contributed by atoms with van der Waals surface area (Å²) in [6.45, 7) is 4.71. The first-order chi connectivity index (χ1) is 12.6. The lowest BCUT2D eigenvalue weighted by molar-refractivity contribution is -0.118. The fourth-order valence-corrected chi connectivity index (χ4v) is 2.57. The zero-order chi connectivity index (χ0) is 18.8. The number of ether oxygens (including phenoxy) is 2. The van der Waals surface area contributed by atoms with Crippen molar-refractivity contribution in [2.75, 3.05) is 18.5 Å². The van der Waals surface area contributed by atoms with Gasteiger partial charge in [-0.05, 0) is 43.2 Å². The van der Waals surface area contributed by atoms with Gasteiger partial charge < -0.3 is 14.8 Å². The summed E-state index contributed by atoms with van der Waals surface area (Å²) in [7, 11) is 0. The lowest BCUT2D eigenvalue weighted by Gasteiger charge is -2.10. The molecule has 0 aliphatic carbocycles. The van der Waals surface area contributed by atoms with E-state index in [1.54, 1.807) is 18.2 Å². The molecule has 0 atom stereocenters. The van der Waals surface area contributed by atoms with Crippen LogP contribution in [0.15, 0.2) is 42.5 Å². The molecule has 0 saturated carbocycles. The van der Waals surface area contributed by atoms with E-state index in [0.717, 1.165) is 17.7 Å². The molecule has 26 heavy (non-hydrogen) atoms. The molecule has 0 fully saturated rings. The maximum atomic E-state index is 12.0. The molecule has 140 valence electrons. The third-order valence-corrected chi connectivity index (χ3v) is 4.30. The van der Waals surface area contributed by atoms with Crippen molar-refractivity contribution >= 4 is 23.2 Å². The number of rotatable bonds is 10. The maximum Gasteiger partial charge on any atom is 0.262 e. The van der Waals surface area contributed by atoms with Crippen LogP contribution >= 0.6 is 11.6 Å². The average Bonchev–Trinajstić information content (AvgIpc) is 2.63. The Labute approximate surface area is 160 Å². The summed E-state index contributed by atoms with van der Waals surface area (Å²) in [6.07, 6.45) is 4.66. The summed E-state index contributed by atoms with van der Waals surface area (Å²) in [4.78, 5) is 12.0. The number of carbonyl (C=O) groups excluding carboxylic acids is 1. The second-order valence-electron chi connectivity index (χ2n) is 6.18. The van der Waals surface area contributed by atoms with Crippen LogP contribution < -0.4 is 14.8 Å². The molecule has 2 aromatic carbocycles. The summed E-state index contributed by atoms with van der Waals surface area (Å²) in [5.74, 6) is 1.12. The molecule has 0 unspecified atom stereocenters. The largest absolute Gasteiger partial charge is 0.493 e. The molecular formula is C21H26ClNO3. The highest BCUT2D eigenvalue weighted by Crippen LogP contribution is 2.21. The van der Waals surface area contributed by atoms with Gasteiger partial charge in [0.05, 0.1) is 6.61 Å². The minimum atomic E-state index is -0.240. The van der Waals surface area contributed by atoms with Gasteiger partial charge in [0.2, 0.25) is 0 Å². The van der Waals surface area contributed by atoms with Gasteiger partial charge in [0.25, 0.3) is 5.91 Å². The van der Waals surface area contributed by atoms with E-state index >= 15 is 0 Å². The van der Waals surface area contributed by atoms with Gasteiger partial charge in [-0.2, -0.15) is 0 Å². The first-order valence-corrected chi connectivity index (χ1v) is 9.38. The van der Waals surface area contributed by atoms with Crippen molar-refractivity contribution in [1.29, 1.82) is 0 Å². The molecule has 0 aliphatic heterocycles. The molecule has 0 spiro atoms. The number of hydrogen-bond donors (Lipinski definition) is 1. The minimum Gasteiger partial charge on any atom is -0.493 e. The molecular weight excluding hydrogens is 350 g/mol. The fraction of sp³-hybridized carbons (Fsp3) is 0.381. The molecule has 0 aliphatic rings. The number of amides is 1. The third-order valence-electron chi connectivity index (χ3n) is 3.90. The predicted molar refractivity (Wildman–Crippen MR) is 106 cm³/mol. The third kappa shape index (κ3) is 6.96. The van der Waals surface area contributed by atoms with Crippen LogP contribution in [0.5, 0.6) is 11.5 Å². The second kappa shape index (κ2) is 10.7. The molecule has 4 nitrogen and oxygen atoms in total. The number of unbranched alkanes of at least 4 members (excludes halogenated alkanes) is 3. The van der Waals surface area contributed by atoms with E-state index < -0.39 is 0 Å². The van der Waals surface area contributed by atoms with E-state index in [0.29, 0.717) is 23.1 Å². The SMILES string of the molecule is CCCCCCOc1cccc(OCC(=O)Nc2ccc(C)c(Cl)c2)c1. The Bertz CT molecular complexity index is 718. The molecule has 0 aromatic heterocycles. The average molecular weight is 376 g/mol. The zero-order valence-electron chi connectivity index (χ0n) is 15.4. The van der Waals surface area contributed by atoms with Gasteiger partial charge >= 0.3 is 0 Å². The Morgan fingerprint density at radius 2 is 1.81 bits per heavy atom. The van der Waals surface area contributed by atoms with E-state index in [2.05, 4.69) is 12.2 Å². The van der Waals surface area contributed by atoms with Crippen LogP contribution in [0.1, 0.15) is 38.2 Å². The number of hydrogen-bond acceptors (Lipinski definition) is 3. The van der Waals surface area contributed by atoms with Gasteiger partial charge in [0.15, 0.2) is 6.61 Å². The topological polar surface area (TPSA) is 47.6 Å². The second-order valence-corrected chi connectivity index (χ2v) is 6.59. The zero-order valence-corrected chi connectivity index (χ0v) is 16.1. The summed E-state index contributed by atoms with van der Waals surface area (Å²) in [5, 5.41) is 3.39. The monoisotopic (exact) mass is 375 g/mol. The van der Waals surface area contributed by atoms with Crippen LogP contribution in [-0.4, -0.2) is 19.1 Å². The van der Waals surface area contributed by atoms with Crippen LogP contribution in [0, 0.1) is 6.92 Å². The standard InChI is InChI=1S/C21H26ClNO3/c1-3-4-5-6-12-25-18-8-7-9-19(14-18)26-15-21(24)23-17-11-10-16(2)20(22)13-17/h7-11,13-14H,3-6,12,15H2,1-2H3,(H,23,24). The van der Waals surface area contributed by atoms with Crippen molar-refractivity contribution in [2.45, 2.75) is 39.5 Å². The number of aryl methyl sites for hydroxylation is 1. The quantitative estimate of drug-likeness (QED) is 0.548. The van der Waals surface area contributed by atoms with Crippen LogP contribution in [-0.2, 0) is 4.79 Å². The minimum absolute atomic E-state index is 0.0779. The van der Waals surface area contributed by atoms with Crippen molar-refractivity contribution in [3.63, 3.8) is 0 Å². The van der Waals surface area contributed by atoms with E-state index in [1.807, 2.05) is 31.2 Å². The molecule has 1 N–H and O–H groups in total. The van der Waals surface area contributed by atoms with Crippen LogP contribution in [0.3, 0.4) is 0 Å². The van der Waals surface area contributed by atoms with Gasteiger partial charge in [0, 0.05) is 16.8 Å². The van der Waals surface area contributed by atoms with Crippen molar-refractivity contribution in [3.05, 3.63) is 53.1 Å².